The Balaban J connectivity index is 1.78. The van der Waals surface area contributed by atoms with Gasteiger partial charge in [-0.05, 0) is 54.1 Å². The molecule has 0 aromatic heterocycles. The second-order valence-corrected chi connectivity index (χ2v) is 8.80. The number of hydrogen-bond donors (Lipinski definition) is 1. The highest BCUT2D eigenvalue weighted by Gasteiger charge is 2.31. The highest BCUT2D eigenvalue weighted by atomic mass is 32.2. The topological polar surface area (TPSA) is 103 Å². The Morgan fingerprint density at radius 2 is 1.64 bits per heavy atom. The van der Waals surface area contributed by atoms with Gasteiger partial charge in [0.2, 0.25) is 5.91 Å². The molecule has 0 spiro atoms. The Bertz CT molecular complexity index is 1360. The molecule has 0 bridgehead atoms. The molecule has 0 saturated carbocycles. The number of halogens is 3. The van der Waals surface area contributed by atoms with Crippen molar-refractivity contribution in [3.05, 3.63) is 83.4 Å². The number of hydrogen-bond acceptors (Lipinski definition) is 7. The molecule has 190 valence electrons. The normalized spacial score (nSPS) is 11.8. The van der Waals surface area contributed by atoms with Gasteiger partial charge < -0.3 is 13.7 Å². The molecule has 3 aromatic carbocycles. The summed E-state index contributed by atoms with van der Waals surface area (Å²) < 4.78 is 79.2. The molecule has 0 atom stereocenters. The van der Waals surface area contributed by atoms with Crippen LogP contribution in [0.3, 0.4) is 0 Å². The molecule has 12 heteroatoms. The number of methoxy groups -OCH3 is 2. The first-order chi connectivity index (χ1) is 17.0. The van der Waals surface area contributed by atoms with E-state index in [0.717, 1.165) is 18.3 Å². The van der Waals surface area contributed by atoms with E-state index in [-0.39, 0.29) is 23.5 Å². The van der Waals surface area contributed by atoms with E-state index in [1.54, 1.807) is 24.3 Å². The number of alkyl halides is 3. The first-order valence-corrected chi connectivity index (χ1v) is 11.7. The monoisotopic (exact) mass is 522 g/mol. The lowest BCUT2D eigenvalue weighted by Gasteiger charge is -2.13. The predicted octanol–water partition coefficient (Wildman–Crippen LogP) is 4.18. The van der Waals surface area contributed by atoms with E-state index >= 15 is 0 Å². The van der Waals surface area contributed by atoms with Gasteiger partial charge in [-0.25, -0.2) is 5.43 Å². The van der Waals surface area contributed by atoms with E-state index in [1.165, 1.54) is 32.4 Å². The standard InChI is InChI=1S/C24H21F3N2O6S/c1-33-18-6-3-5-16(13-18)14-23(30)29-28-15-20-21(34-2)7-4-8-22(20)35-36(31,32)19-11-9-17(10-12-19)24(25,26)27/h3-13,15H,14H2,1-2H3,(H,29,30)/b28-15+. The maximum Gasteiger partial charge on any atom is 0.416 e. The largest absolute Gasteiger partial charge is 0.497 e. The van der Waals surface area contributed by atoms with Gasteiger partial charge in [-0.1, -0.05) is 18.2 Å². The third-order valence-electron chi connectivity index (χ3n) is 4.80. The van der Waals surface area contributed by atoms with Gasteiger partial charge in [-0.15, -0.1) is 0 Å². The van der Waals surface area contributed by atoms with Gasteiger partial charge in [0.1, 0.15) is 16.4 Å². The highest BCUT2D eigenvalue weighted by Crippen LogP contribution is 2.32. The van der Waals surface area contributed by atoms with Crippen LogP contribution >= 0.6 is 0 Å². The Kier molecular flexibility index (Phi) is 8.20. The van der Waals surface area contributed by atoms with Gasteiger partial charge in [-0.2, -0.15) is 26.7 Å². The SMILES string of the molecule is COc1cccc(CC(=O)N/N=C/c2c(OC)cccc2OS(=O)(=O)c2ccc(C(F)(F)F)cc2)c1. The summed E-state index contributed by atoms with van der Waals surface area (Å²) in [5, 5.41) is 3.86. The molecule has 3 aromatic rings. The van der Waals surface area contributed by atoms with Crippen molar-refractivity contribution in [3.8, 4) is 17.2 Å². The Morgan fingerprint density at radius 1 is 0.972 bits per heavy atom. The minimum absolute atomic E-state index is 0.00607. The first-order valence-electron chi connectivity index (χ1n) is 10.3. The zero-order valence-electron chi connectivity index (χ0n) is 19.1. The molecular formula is C24H21F3N2O6S. The van der Waals surface area contributed by atoms with Gasteiger partial charge >= 0.3 is 16.3 Å². The number of rotatable bonds is 9. The summed E-state index contributed by atoms with van der Waals surface area (Å²) in [6, 6.07) is 14.1. The number of benzene rings is 3. The van der Waals surface area contributed by atoms with Crippen LogP contribution in [-0.2, 0) is 27.5 Å². The van der Waals surface area contributed by atoms with Crippen LogP contribution < -0.4 is 19.1 Å². The summed E-state index contributed by atoms with van der Waals surface area (Å²) in [4.78, 5) is 11.8. The van der Waals surface area contributed by atoms with E-state index in [9.17, 15) is 26.4 Å². The number of nitrogens with zero attached hydrogens (tertiary/aromatic N) is 1. The summed E-state index contributed by atoms with van der Waals surface area (Å²) in [6.07, 6.45) is -3.47. The van der Waals surface area contributed by atoms with E-state index < -0.39 is 32.7 Å². The number of hydrazone groups is 1. The lowest BCUT2D eigenvalue weighted by atomic mass is 10.1. The Labute approximate surface area is 205 Å². The van der Waals surface area contributed by atoms with Gasteiger partial charge in [0.15, 0.2) is 5.75 Å². The van der Waals surface area contributed by atoms with Gasteiger partial charge in [0.05, 0.1) is 38.0 Å². The minimum Gasteiger partial charge on any atom is -0.497 e. The number of nitrogens with one attached hydrogen (secondary N) is 1. The van der Waals surface area contributed by atoms with Crippen molar-refractivity contribution in [2.45, 2.75) is 17.5 Å². The van der Waals surface area contributed by atoms with Crippen molar-refractivity contribution in [1.82, 2.24) is 5.43 Å². The first kappa shape index (κ1) is 26.5. The average molecular weight is 523 g/mol. The summed E-state index contributed by atoms with van der Waals surface area (Å²) >= 11 is 0. The van der Waals surface area contributed by atoms with Crippen LogP contribution in [0.1, 0.15) is 16.7 Å². The van der Waals surface area contributed by atoms with Gasteiger partial charge in [0, 0.05) is 0 Å². The molecular weight excluding hydrogens is 501 g/mol. The average Bonchev–Trinajstić information content (AvgIpc) is 2.84. The third kappa shape index (κ3) is 6.75. The van der Waals surface area contributed by atoms with E-state index in [4.69, 9.17) is 13.7 Å². The quantitative estimate of drug-likeness (QED) is 0.257. The second kappa shape index (κ2) is 11.1. The molecule has 36 heavy (non-hydrogen) atoms. The van der Waals surface area contributed by atoms with Crippen LogP contribution in [0.2, 0.25) is 0 Å². The lowest BCUT2D eigenvalue weighted by molar-refractivity contribution is -0.137. The molecule has 8 nitrogen and oxygen atoms in total. The molecule has 3 rings (SSSR count). The van der Waals surface area contributed by atoms with Crippen molar-refractivity contribution in [3.63, 3.8) is 0 Å². The zero-order chi connectivity index (χ0) is 26.3. The number of carbonyl (C=O) groups is 1. The van der Waals surface area contributed by atoms with Crippen molar-refractivity contribution in [1.29, 1.82) is 0 Å². The van der Waals surface area contributed by atoms with E-state index in [1.807, 2.05) is 0 Å². The predicted molar refractivity (Wildman–Crippen MR) is 125 cm³/mol. The fourth-order valence-electron chi connectivity index (χ4n) is 3.05. The van der Waals surface area contributed by atoms with Crippen LogP contribution in [0, 0.1) is 0 Å². The molecule has 0 aliphatic carbocycles. The molecule has 0 radical (unpaired) electrons. The van der Waals surface area contributed by atoms with Gasteiger partial charge in [-0.3, -0.25) is 4.79 Å². The smallest absolute Gasteiger partial charge is 0.416 e. The van der Waals surface area contributed by atoms with Crippen LogP contribution in [-0.4, -0.2) is 34.8 Å². The van der Waals surface area contributed by atoms with Crippen LogP contribution in [0.4, 0.5) is 13.2 Å². The van der Waals surface area contributed by atoms with Crippen molar-refractivity contribution in [2.24, 2.45) is 5.10 Å². The van der Waals surface area contributed by atoms with Gasteiger partial charge in [0.25, 0.3) is 0 Å². The third-order valence-corrected chi connectivity index (χ3v) is 6.05. The lowest BCUT2D eigenvalue weighted by Crippen LogP contribution is -2.20. The number of carbonyl (C=O) groups excluding carboxylic acids is 1. The van der Waals surface area contributed by atoms with Crippen molar-refractivity contribution >= 4 is 22.2 Å². The summed E-state index contributed by atoms with van der Waals surface area (Å²) in [6.45, 7) is 0. The van der Waals surface area contributed by atoms with E-state index in [0.29, 0.717) is 23.4 Å². The summed E-state index contributed by atoms with van der Waals surface area (Å²) in [5.74, 6) is 0.115. The minimum atomic E-state index is -4.61. The molecule has 0 heterocycles. The van der Waals surface area contributed by atoms with Crippen LogP contribution in [0.25, 0.3) is 0 Å². The zero-order valence-corrected chi connectivity index (χ0v) is 19.9. The number of amides is 1. The highest BCUT2D eigenvalue weighted by molar-refractivity contribution is 7.87. The molecule has 0 saturated heterocycles. The Hall–Kier alpha value is -4.06. The summed E-state index contributed by atoms with van der Waals surface area (Å²) in [7, 11) is -1.65. The maximum atomic E-state index is 12.8. The number of ether oxygens (including phenoxy) is 2. The fourth-order valence-corrected chi connectivity index (χ4v) is 4.00. The maximum absolute atomic E-state index is 12.8. The van der Waals surface area contributed by atoms with Crippen molar-refractivity contribution < 1.29 is 40.0 Å². The molecule has 0 aliphatic rings. The van der Waals surface area contributed by atoms with E-state index in [2.05, 4.69) is 10.5 Å². The molecule has 1 N–H and O–H groups in total. The Morgan fingerprint density at radius 3 is 2.28 bits per heavy atom. The second-order valence-electron chi connectivity index (χ2n) is 7.25. The summed E-state index contributed by atoms with van der Waals surface area (Å²) in [5.41, 5.74) is 2.10. The molecule has 0 fully saturated rings. The van der Waals surface area contributed by atoms with Crippen LogP contribution in [0.15, 0.2) is 76.7 Å². The molecule has 1 amide bonds. The molecule has 0 unspecified atom stereocenters. The van der Waals surface area contributed by atoms with Crippen molar-refractivity contribution in [2.75, 3.05) is 14.2 Å². The fraction of sp³-hybridized carbons (Fsp3) is 0.167. The van der Waals surface area contributed by atoms with Crippen LogP contribution in [0.5, 0.6) is 17.2 Å². The molecule has 0 aliphatic heterocycles.